The summed E-state index contributed by atoms with van der Waals surface area (Å²) in [5.41, 5.74) is 1.80. The van der Waals surface area contributed by atoms with Gasteiger partial charge in [0.1, 0.15) is 0 Å². The van der Waals surface area contributed by atoms with Gasteiger partial charge in [-0.25, -0.2) is 0 Å². The Labute approximate surface area is 119 Å². The molecule has 0 fully saturated rings. The summed E-state index contributed by atoms with van der Waals surface area (Å²) in [5, 5.41) is 0.885. The summed E-state index contributed by atoms with van der Waals surface area (Å²) in [7, 11) is 2.32. The first-order valence-corrected chi connectivity index (χ1v) is 7.27. The Morgan fingerprint density at radius 2 is 1.61 bits per heavy atom. The van der Waals surface area contributed by atoms with E-state index in [-0.39, 0.29) is 11.2 Å². The lowest BCUT2D eigenvalue weighted by atomic mass is 9.82. The van der Waals surface area contributed by atoms with Gasteiger partial charge in [0.25, 0.3) is 0 Å². The van der Waals surface area contributed by atoms with Crippen LogP contribution in [0.1, 0.15) is 33.3 Å². The fraction of sp³-hybridized carbons (Fsp3) is 0.571. The predicted octanol–water partition coefficient (Wildman–Crippen LogP) is 2.78. The third-order valence-corrected chi connectivity index (χ3v) is 4.38. The highest BCUT2D eigenvalue weighted by Crippen LogP contribution is 2.27. The zero-order valence-corrected chi connectivity index (χ0v) is 13.5. The lowest BCUT2D eigenvalue weighted by Crippen LogP contribution is -2.50. The first-order valence-electron chi connectivity index (χ1n) is 6.15. The summed E-state index contributed by atoms with van der Waals surface area (Å²) in [6, 6.07) is 8.43. The molecule has 0 unspecified atom stereocenters. The van der Waals surface area contributed by atoms with Gasteiger partial charge in [-0.2, -0.15) is 0 Å². The monoisotopic (exact) mass is 312 g/mol. The van der Waals surface area contributed by atoms with Gasteiger partial charge in [-0.3, -0.25) is 0 Å². The van der Waals surface area contributed by atoms with Gasteiger partial charge in [-0.05, 0) is 33.3 Å². The van der Waals surface area contributed by atoms with Crippen molar-refractivity contribution in [3.63, 3.8) is 0 Å². The van der Waals surface area contributed by atoms with Crippen molar-refractivity contribution in [1.29, 1.82) is 0 Å². The van der Waals surface area contributed by atoms with Gasteiger partial charge in [0.15, 0.2) is 0 Å². The normalized spacial score (nSPS) is 12.6. The Bertz CT molecular complexity index is 374. The van der Waals surface area contributed by atoms with E-state index in [0.29, 0.717) is 7.48 Å². The molecule has 1 rings (SSSR count). The van der Waals surface area contributed by atoms with Gasteiger partial charge in [0, 0.05) is 12.4 Å². The number of rotatable bonds is 6. The van der Waals surface area contributed by atoms with Crippen LogP contribution in [-0.4, -0.2) is 25.8 Å². The molecular weight excluding hydrogens is 291 g/mol. The van der Waals surface area contributed by atoms with E-state index in [1.807, 2.05) is 13.8 Å². The van der Waals surface area contributed by atoms with E-state index in [4.69, 9.17) is 9.39 Å². The number of benzene rings is 1. The minimum absolute atomic E-state index is 0.317. The van der Waals surface area contributed by atoms with Crippen LogP contribution < -0.4 is 5.46 Å². The summed E-state index contributed by atoms with van der Waals surface area (Å²) < 4.78 is 11.5. The maximum Gasteiger partial charge on any atom is 0.309 e. The molecule has 4 heteroatoms. The number of hydrogen-bond donors (Lipinski definition) is 0. The van der Waals surface area contributed by atoms with Crippen molar-refractivity contribution in [3.05, 3.63) is 29.8 Å². The van der Waals surface area contributed by atoms with E-state index in [9.17, 15) is 0 Å². The summed E-state index contributed by atoms with van der Waals surface area (Å²) in [6.07, 6.45) is 0. The topological polar surface area (TPSA) is 18.5 Å². The standard InChI is InChI=1S/C14H22BBrO2/c1-13(2,17-5)14(3,4)18-15-12-8-6-11(10-16)7-9-12/h6-9,15H,10H2,1-5H3. The Morgan fingerprint density at radius 3 is 2.06 bits per heavy atom. The van der Waals surface area contributed by atoms with Gasteiger partial charge < -0.3 is 9.39 Å². The Morgan fingerprint density at radius 1 is 1.06 bits per heavy atom. The van der Waals surface area contributed by atoms with Crippen LogP contribution in [0.3, 0.4) is 0 Å². The predicted molar refractivity (Wildman–Crippen MR) is 82.1 cm³/mol. The van der Waals surface area contributed by atoms with Crippen LogP contribution >= 0.6 is 15.9 Å². The molecule has 0 aromatic heterocycles. The molecule has 2 nitrogen and oxygen atoms in total. The van der Waals surface area contributed by atoms with E-state index in [2.05, 4.69) is 54.0 Å². The van der Waals surface area contributed by atoms with Crippen LogP contribution in [0.2, 0.25) is 0 Å². The van der Waals surface area contributed by atoms with Crippen LogP contribution in [0.4, 0.5) is 0 Å². The van der Waals surface area contributed by atoms with Crippen LogP contribution in [0, 0.1) is 0 Å². The van der Waals surface area contributed by atoms with Crippen molar-refractivity contribution in [1.82, 2.24) is 0 Å². The van der Waals surface area contributed by atoms with Crippen molar-refractivity contribution in [2.24, 2.45) is 0 Å². The molecule has 0 radical (unpaired) electrons. The number of ether oxygens (including phenoxy) is 1. The summed E-state index contributed by atoms with van der Waals surface area (Å²) in [6.45, 7) is 8.20. The van der Waals surface area contributed by atoms with Crippen LogP contribution in [-0.2, 0) is 14.7 Å². The first-order chi connectivity index (χ1) is 8.32. The minimum Gasteiger partial charge on any atom is -0.427 e. The highest BCUT2D eigenvalue weighted by molar-refractivity contribution is 9.08. The largest absolute Gasteiger partial charge is 0.427 e. The number of methoxy groups -OCH3 is 1. The lowest BCUT2D eigenvalue weighted by Gasteiger charge is -2.40. The van der Waals surface area contributed by atoms with E-state index >= 15 is 0 Å². The highest BCUT2D eigenvalue weighted by Gasteiger charge is 2.37. The summed E-state index contributed by atoms with van der Waals surface area (Å²) in [5.74, 6) is 0. The molecule has 0 aliphatic rings. The maximum atomic E-state index is 6.01. The Hall–Kier alpha value is -0.315. The molecule has 0 saturated carbocycles. The molecule has 0 spiro atoms. The Balaban J connectivity index is 2.64. The molecule has 0 N–H and O–H groups in total. The van der Waals surface area contributed by atoms with Crippen molar-refractivity contribution in [3.8, 4) is 0 Å². The molecule has 1 aromatic carbocycles. The quantitative estimate of drug-likeness (QED) is 0.594. The average Bonchev–Trinajstić information content (AvgIpc) is 2.36. The summed E-state index contributed by atoms with van der Waals surface area (Å²) >= 11 is 3.44. The van der Waals surface area contributed by atoms with Crippen LogP contribution in [0.25, 0.3) is 0 Å². The molecule has 18 heavy (non-hydrogen) atoms. The van der Waals surface area contributed by atoms with Crippen molar-refractivity contribution in [2.75, 3.05) is 7.11 Å². The minimum atomic E-state index is -0.337. The summed E-state index contributed by atoms with van der Waals surface area (Å²) in [4.78, 5) is 0. The molecule has 1 aromatic rings. The zero-order chi connectivity index (χ0) is 13.8. The van der Waals surface area contributed by atoms with Crippen molar-refractivity contribution >= 4 is 28.9 Å². The molecule has 0 bridgehead atoms. The van der Waals surface area contributed by atoms with E-state index in [1.165, 1.54) is 11.0 Å². The molecule has 100 valence electrons. The molecule has 0 heterocycles. The van der Waals surface area contributed by atoms with Crippen molar-refractivity contribution < 1.29 is 9.39 Å². The second-order valence-corrected chi connectivity index (χ2v) is 6.02. The zero-order valence-electron chi connectivity index (χ0n) is 11.9. The van der Waals surface area contributed by atoms with Gasteiger partial charge in [0.05, 0.1) is 11.2 Å². The highest BCUT2D eigenvalue weighted by atomic mass is 79.9. The molecule has 0 amide bonds. The van der Waals surface area contributed by atoms with E-state index in [1.54, 1.807) is 7.11 Å². The van der Waals surface area contributed by atoms with E-state index < -0.39 is 0 Å². The SMILES string of the molecule is COC(C)(C)C(C)(C)OBc1ccc(CBr)cc1. The molecule has 0 saturated heterocycles. The molecule has 0 aliphatic heterocycles. The smallest absolute Gasteiger partial charge is 0.309 e. The third-order valence-electron chi connectivity index (χ3n) is 3.74. The van der Waals surface area contributed by atoms with Crippen molar-refractivity contribution in [2.45, 2.75) is 44.2 Å². The van der Waals surface area contributed by atoms with Gasteiger partial charge in [-0.1, -0.05) is 45.7 Å². The maximum absolute atomic E-state index is 6.01. The number of hydrogen-bond acceptors (Lipinski definition) is 2. The van der Waals surface area contributed by atoms with Gasteiger partial charge in [0.2, 0.25) is 0 Å². The van der Waals surface area contributed by atoms with Crippen LogP contribution in [0.5, 0.6) is 0 Å². The lowest BCUT2D eigenvalue weighted by molar-refractivity contribution is -0.114. The first kappa shape index (κ1) is 15.7. The van der Waals surface area contributed by atoms with E-state index in [0.717, 1.165) is 5.33 Å². The number of alkyl halides is 1. The molecular formula is C14H22BBrO2. The van der Waals surface area contributed by atoms with Crippen LogP contribution in [0.15, 0.2) is 24.3 Å². The third kappa shape index (κ3) is 3.84. The molecule has 0 atom stereocenters. The fourth-order valence-electron chi connectivity index (χ4n) is 1.41. The average molecular weight is 313 g/mol. The second-order valence-electron chi connectivity index (χ2n) is 5.46. The second kappa shape index (κ2) is 6.22. The fourth-order valence-corrected chi connectivity index (χ4v) is 1.78. The molecule has 0 aliphatic carbocycles. The Kier molecular flexibility index (Phi) is 5.44. The number of halogens is 1. The van der Waals surface area contributed by atoms with Gasteiger partial charge in [-0.15, -0.1) is 0 Å². The van der Waals surface area contributed by atoms with Gasteiger partial charge >= 0.3 is 7.48 Å².